The van der Waals surface area contributed by atoms with Gasteiger partial charge in [-0.2, -0.15) is 0 Å². The maximum Gasteiger partial charge on any atom is 0.331 e. The van der Waals surface area contributed by atoms with Gasteiger partial charge in [-0.15, -0.1) is 0 Å². The fourth-order valence-electron chi connectivity index (χ4n) is 3.88. The highest BCUT2D eigenvalue weighted by atomic mass is 19.1. The standard InChI is InChI=1S/C22H18F2N4O/c23-15-7-5-14(6-8-15)11-27-10-9-19-17(12-27)21-25-20(13-28(21)22(29)26-19)16-3-1-2-4-18(16)24/h1-8,13H,9-12H2,(H,26,29). The maximum atomic E-state index is 14.2. The van der Waals surface area contributed by atoms with Crippen LogP contribution in [0.25, 0.3) is 16.9 Å². The number of H-pyrrole nitrogens is 1. The van der Waals surface area contributed by atoms with E-state index in [1.807, 2.05) is 0 Å². The number of halogens is 2. The van der Waals surface area contributed by atoms with Gasteiger partial charge in [-0.05, 0) is 29.8 Å². The van der Waals surface area contributed by atoms with Crippen LogP contribution in [0.2, 0.25) is 0 Å². The van der Waals surface area contributed by atoms with Crippen molar-refractivity contribution in [3.63, 3.8) is 0 Å². The van der Waals surface area contributed by atoms with Crippen LogP contribution in [0.3, 0.4) is 0 Å². The fraction of sp³-hybridized carbons (Fsp3) is 0.182. The van der Waals surface area contributed by atoms with Crippen molar-refractivity contribution in [1.29, 1.82) is 0 Å². The Morgan fingerprint density at radius 1 is 1.07 bits per heavy atom. The number of benzene rings is 2. The minimum atomic E-state index is -0.376. The zero-order chi connectivity index (χ0) is 20.0. The van der Waals surface area contributed by atoms with E-state index in [1.165, 1.54) is 22.6 Å². The van der Waals surface area contributed by atoms with Gasteiger partial charge >= 0.3 is 5.69 Å². The third-order valence-electron chi connectivity index (χ3n) is 5.35. The van der Waals surface area contributed by atoms with Gasteiger partial charge in [0, 0.05) is 49.1 Å². The van der Waals surface area contributed by atoms with Gasteiger partial charge in [-0.3, -0.25) is 9.30 Å². The van der Waals surface area contributed by atoms with Gasteiger partial charge in [0.05, 0.1) is 5.69 Å². The van der Waals surface area contributed by atoms with Crippen LogP contribution in [0.1, 0.15) is 16.8 Å². The Kier molecular flexibility index (Phi) is 4.24. The number of hydrogen-bond donors (Lipinski definition) is 1. The molecule has 1 aliphatic rings. The molecule has 0 amide bonds. The Hall–Kier alpha value is -3.32. The third-order valence-corrected chi connectivity index (χ3v) is 5.35. The third kappa shape index (κ3) is 3.23. The summed E-state index contributed by atoms with van der Waals surface area (Å²) in [6.07, 6.45) is 2.26. The van der Waals surface area contributed by atoms with Gasteiger partial charge in [0.1, 0.15) is 17.3 Å². The molecule has 1 N–H and O–H groups in total. The number of aromatic amines is 1. The Balaban J connectivity index is 1.53. The lowest BCUT2D eigenvalue weighted by atomic mass is 10.1. The molecule has 0 unspecified atom stereocenters. The average Bonchev–Trinajstić information content (AvgIpc) is 3.17. The van der Waals surface area contributed by atoms with Crippen molar-refractivity contribution >= 4 is 5.65 Å². The lowest BCUT2D eigenvalue weighted by Crippen LogP contribution is -2.33. The first-order valence-corrected chi connectivity index (χ1v) is 9.43. The summed E-state index contributed by atoms with van der Waals surface area (Å²) in [5.41, 5.74) is 3.88. The van der Waals surface area contributed by atoms with E-state index in [2.05, 4.69) is 14.9 Å². The van der Waals surface area contributed by atoms with E-state index in [0.29, 0.717) is 36.4 Å². The van der Waals surface area contributed by atoms with Crippen molar-refractivity contribution in [1.82, 2.24) is 19.3 Å². The fourth-order valence-corrected chi connectivity index (χ4v) is 3.88. The van der Waals surface area contributed by atoms with Crippen LogP contribution in [0.15, 0.2) is 59.5 Å². The molecule has 1 aliphatic heterocycles. The molecule has 3 heterocycles. The van der Waals surface area contributed by atoms with Crippen LogP contribution in [0, 0.1) is 11.6 Å². The molecule has 5 nitrogen and oxygen atoms in total. The van der Waals surface area contributed by atoms with Crippen LogP contribution < -0.4 is 5.69 Å². The number of aromatic nitrogens is 3. The minimum Gasteiger partial charge on any atom is -0.310 e. The molecule has 0 bridgehead atoms. The molecular formula is C22H18F2N4O. The van der Waals surface area contributed by atoms with Gasteiger partial charge in [-0.25, -0.2) is 18.6 Å². The first-order chi connectivity index (χ1) is 14.1. The van der Waals surface area contributed by atoms with Crippen LogP contribution >= 0.6 is 0 Å². The quantitative estimate of drug-likeness (QED) is 0.580. The molecule has 0 saturated carbocycles. The second-order valence-corrected chi connectivity index (χ2v) is 7.27. The van der Waals surface area contributed by atoms with Gasteiger partial charge in [0.2, 0.25) is 0 Å². The molecule has 0 saturated heterocycles. The van der Waals surface area contributed by atoms with Gasteiger partial charge < -0.3 is 4.98 Å². The summed E-state index contributed by atoms with van der Waals surface area (Å²) in [7, 11) is 0. The number of fused-ring (bicyclic) bond motifs is 3. The van der Waals surface area contributed by atoms with Gasteiger partial charge in [0.25, 0.3) is 0 Å². The summed E-state index contributed by atoms with van der Waals surface area (Å²) < 4.78 is 28.8. The van der Waals surface area contributed by atoms with Crippen molar-refractivity contribution in [2.75, 3.05) is 6.54 Å². The largest absolute Gasteiger partial charge is 0.331 e. The Morgan fingerprint density at radius 2 is 1.86 bits per heavy atom. The van der Waals surface area contributed by atoms with E-state index in [9.17, 15) is 13.6 Å². The predicted molar refractivity (Wildman–Crippen MR) is 105 cm³/mol. The Labute approximate surface area is 165 Å². The van der Waals surface area contributed by atoms with Crippen molar-refractivity contribution in [2.45, 2.75) is 19.5 Å². The molecule has 7 heteroatoms. The number of rotatable bonds is 3. The maximum absolute atomic E-state index is 14.2. The summed E-state index contributed by atoms with van der Waals surface area (Å²) in [6, 6.07) is 12.9. The van der Waals surface area contributed by atoms with Crippen molar-refractivity contribution in [3.8, 4) is 11.3 Å². The summed E-state index contributed by atoms with van der Waals surface area (Å²) in [5.74, 6) is -0.630. The molecule has 29 heavy (non-hydrogen) atoms. The first kappa shape index (κ1) is 17.8. The highest BCUT2D eigenvalue weighted by Gasteiger charge is 2.23. The van der Waals surface area contributed by atoms with Crippen LogP contribution in [0.4, 0.5) is 8.78 Å². The Morgan fingerprint density at radius 3 is 2.66 bits per heavy atom. The van der Waals surface area contributed by atoms with Gasteiger partial charge in [-0.1, -0.05) is 24.3 Å². The van der Waals surface area contributed by atoms with E-state index >= 15 is 0 Å². The molecular weight excluding hydrogens is 374 g/mol. The van der Waals surface area contributed by atoms with E-state index < -0.39 is 0 Å². The van der Waals surface area contributed by atoms with E-state index in [0.717, 1.165) is 23.4 Å². The minimum absolute atomic E-state index is 0.255. The molecule has 5 rings (SSSR count). The number of nitrogens with one attached hydrogen (secondary N) is 1. The average molecular weight is 392 g/mol. The topological polar surface area (TPSA) is 53.4 Å². The lowest BCUT2D eigenvalue weighted by molar-refractivity contribution is 0.243. The van der Waals surface area contributed by atoms with Crippen LogP contribution in [-0.4, -0.2) is 25.8 Å². The van der Waals surface area contributed by atoms with Crippen LogP contribution in [0.5, 0.6) is 0 Å². The molecule has 0 radical (unpaired) electrons. The monoisotopic (exact) mass is 392 g/mol. The molecule has 2 aromatic heterocycles. The molecule has 0 atom stereocenters. The highest BCUT2D eigenvalue weighted by molar-refractivity contribution is 5.65. The van der Waals surface area contributed by atoms with Crippen molar-refractivity contribution < 1.29 is 8.78 Å². The molecule has 0 aliphatic carbocycles. The Bertz CT molecular complexity index is 1260. The number of imidazole rings is 1. The summed E-state index contributed by atoms with van der Waals surface area (Å²) in [5, 5.41) is 0. The molecule has 2 aromatic carbocycles. The number of nitrogens with zero attached hydrogens (tertiary/aromatic N) is 3. The number of hydrogen-bond acceptors (Lipinski definition) is 3. The molecule has 4 aromatic rings. The van der Waals surface area contributed by atoms with Crippen molar-refractivity contribution in [2.24, 2.45) is 0 Å². The van der Waals surface area contributed by atoms with E-state index in [-0.39, 0.29) is 17.3 Å². The molecule has 0 spiro atoms. The SMILES string of the molecule is O=c1[nH]c2c(c3nc(-c4ccccc4F)cn13)CN(Cc1ccc(F)cc1)CC2. The summed E-state index contributed by atoms with van der Waals surface area (Å²) >= 11 is 0. The molecule has 0 fully saturated rings. The van der Waals surface area contributed by atoms with Crippen LogP contribution in [-0.2, 0) is 19.5 Å². The summed E-state index contributed by atoms with van der Waals surface area (Å²) in [6.45, 7) is 2.05. The normalized spacial score (nSPS) is 14.3. The second-order valence-electron chi connectivity index (χ2n) is 7.27. The smallest absolute Gasteiger partial charge is 0.310 e. The van der Waals surface area contributed by atoms with E-state index in [1.54, 1.807) is 36.5 Å². The zero-order valence-corrected chi connectivity index (χ0v) is 15.5. The van der Waals surface area contributed by atoms with Crippen molar-refractivity contribution in [3.05, 3.63) is 93.7 Å². The second kappa shape index (κ2) is 6.93. The first-order valence-electron chi connectivity index (χ1n) is 9.43. The zero-order valence-electron chi connectivity index (χ0n) is 15.5. The molecule has 146 valence electrons. The highest BCUT2D eigenvalue weighted by Crippen LogP contribution is 2.26. The van der Waals surface area contributed by atoms with E-state index in [4.69, 9.17) is 0 Å². The predicted octanol–water partition coefficient (Wildman–Crippen LogP) is 3.53. The van der Waals surface area contributed by atoms with Gasteiger partial charge in [0.15, 0.2) is 0 Å². The lowest BCUT2D eigenvalue weighted by Gasteiger charge is -2.28. The summed E-state index contributed by atoms with van der Waals surface area (Å²) in [4.78, 5) is 22.3.